The lowest BCUT2D eigenvalue weighted by atomic mass is 10.1. The summed E-state index contributed by atoms with van der Waals surface area (Å²) in [4.78, 5) is 25.0. The largest absolute Gasteiger partial charge is 0.479 e. The maximum Gasteiger partial charge on any atom is 0.343 e. The van der Waals surface area contributed by atoms with Gasteiger partial charge >= 0.3 is 5.97 Å². The van der Waals surface area contributed by atoms with Crippen molar-refractivity contribution in [3.8, 4) is 0 Å². The topological polar surface area (TPSA) is 57.6 Å². The first-order valence-corrected chi connectivity index (χ1v) is 7.85. The van der Waals surface area contributed by atoms with Crippen molar-refractivity contribution in [3.63, 3.8) is 0 Å². The van der Waals surface area contributed by atoms with E-state index in [2.05, 4.69) is 0 Å². The molecule has 0 spiro atoms. The predicted molar refractivity (Wildman–Crippen MR) is 79.5 cm³/mol. The van der Waals surface area contributed by atoms with Gasteiger partial charge in [-0.25, -0.2) is 9.18 Å². The Hall–Kier alpha value is -1.27. The van der Waals surface area contributed by atoms with Crippen molar-refractivity contribution in [2.75, 3.05) is 18.8 Å². The molecular weight excluding hydrogens is 317 g/mol. The highest BCUT2D eigenvalue weighted by Crippen LogP contribution is 2.27. The van der Waals surface area contributed by atoms with Crippen LogP contribution in [0.25, 0.3) is 0 Å². The molecule has 0 bridgehead atoms. The minimum Gasteiger partial charge on any atom is -0.479 e. The predicted octanol–water partition coefficient (Wildman–Crippen LogP) is 2.85. The second-order valence-corrected chi connectivity index (χ2v) is 6.49. The Morgan fingerprint density at radius 1 is 1.38 bits per heavy atom. The van der Waals surface area contributed by atoms with Crippen molar-refractivity contribution in [2.24, 2.45) is 0 Å². The van der Waals surface area contributed by atoms with Crippen LogP contribution in [0.4, 0.5) is 4.39 Å². The van der Waals surface area contributed by atoms with Crippen molar-refractivity contribution in [1.29, 1.82) is 0 Å². The summed E-state index contributed by atoms with van der Waals surface area (Å²) in [6.07, 6.45) is 0.112. The number of carbonyl (C=O) groups excluding carboxylic acids is 1. The Kier molecular flexibility index (Phi) is 5.11. The summed E-state index contributed by atoms with van der Waals surface area (Å²) in [5.74, 6) is -1.14. The monoisotopic (exact) mass is 331 g/mol. The number of rotatable bonds is 5. The normalized spacial score (nSPS) is 21.5. The number of likely N-dealkylation sites (tertiary alicyclic amines) is 1. The third-order valence-corrected chi connectivity index (χ3v) is 4.62. The van der Waals surface area contributed by atoms with Crippen molar-refractivity contribution in [3.05, 3.63) is 29.3 Å². The molecule has 0 aliphatic carbocycles. The number of nitrogens with zero attached hydrogens (tertiary/aromatic N) is 1. The van der Waals surface area contributed by atoms with Crippen molar-refractivity contribution < 1.29 is 19.1 Å². The number of carbonyl (C=O) groups is 2. The lowest BCUT2D eigenvalue weighted by Gasteiger charge is -2.17. The van der Waals surface area contributed by atoms with Crippen LogP contribution in [0.2, 0.25) is 5.02 Å². The molecule has 114 valence electrons. The zero-order chi connectivity index (χ0) is 15.5. The Morgan fingerprint density at radius 3 is 2.62 bits per heavy atom. The minimum atomic E-state index is -2.29. The van der Waals surface area contributed by atoms with Crippen molar-refractivity contribution >= 4 is 35.2 Å². The van der Waals surface area contributed by atoms with E-state index < -0.39 is 11.6 Å². The van der Waals surface area contributed by atoms with Gasteiger partial charge in [-0.1, -0.05) is 11.6 Å². The van der Waals surface area contributed by atoms with Gasteiger partial charge in [0.1, 0.15) is 0 Å². The van der Waals surface area contributed by atoms with E-state index in [1.165, 1.54) is 16.7 Å². The van der Waals surface area contributed by atoms with Crippen molar-refractivity contribution in [1.82, 2.24) is 4.90 Å². The molecule has 0 radical (unpaired) electrons. The number of aliphatic carboxylic acids is 1. The van der Waals surface area contributed by atoms with E-state index in [1.54, 1.807) is 12.1 Å². The van der Waals surface area contributed by atoms with Crippen LogP contribution in [0.15, 0.2) is 29.2 Å². The van der Waals surface area contributed by atoms with E-state index >= 15 is 0 Å². The lowest BCUT2D eigenvalue weighted by Crippen LogP contribution is -2.39. The fourth-order valence-corrected chi connectivity index (χ4v) is 3.07. The van der Waals surface area contributed by atoms with Crippen LogP contribution >= 0.6 is 23.4 Å². The molecule has 1 amide bonds. The van der Waals surface area contributed by atoms with E-state index in [0.29, 0.717) is 10.8 Å². The van der Waals surface area contributed by atoms with Crippen LogP contribution in [-0.4, -0.2) is 46.4 Å². The van der Waals surface area contributed by atoms with Gasteiger partial charge in [-0.3, -0.25) is 4.79 Å². The smallest absolute Gasteiger partial charge is 0.343 e. The second kappa shape index (κ2) is 6.66. The number of hydrogen-bond acceptors (Lipinski definition) is 3. The van der Waals surface area contributed by atoms with E-state index in [0.717, 1.165) is 4.90 Å². The molecule has 21 heavy (non-hydrogen) atoms. The van der Waals surface area contributed by atoms with Crippen LogP contribution in [0, 0.1) is 0 Å². The standard InChI is InChI=1S/C14H15ClFNO3S/c15-10-1-3-11(4-2-10)21-8-5-12(18)17-7-6-14(16,9-17)13(19)20/h1-4H,5-9H2,(H,19,20). The van der Waals surface area contributed by atoms with Gasteiger partial charge < -0.3 is 10.0 Å². The SMILES string of the molecule is O=C(CCSc1ccc(Cl)cc1)N1CCC(F)(C(=O)O)C1. The zero-order valence-corrected chi connectivity index (χ0v) is 12.8. The molecule has 4 nitrogen and oxygen atoms in total. The number of amides is 1. The number of halogens is 2. The first-order valence-electron chi connectivity index (χ1n) is 6.49. The molecule has 1 aliphatic rings. The number of hydrogen-bond donors (Lipinski definition) is 1. The number of carboxylic acids is 1. The summed E-state index contributed by atoms with van der Waals surface area (Å²) < 4.78 is 13.9. The molecule has 0 aromatic heterocycles. The van der Waals surface area contributed by atoms with Gasteiger partial charge in [-0.05, 0) is 24.3 Å². The average molecular weight is 332 g/mol. The molecule has 0 saturated carbocycles. The van der Waals surface area contributed by atoms with Crippen molar-refractivity contribution in [2.45, 2.75) is 23.4 Å². The Bertz CT molecular complexity index is 540. The number of carboxylic acid groups (broad SMARTS) is 1. The molecule has 2 rings (SSSR count). The summed E-state index contributed by atoms with van der Waals surface area (Å²) in [6, 6.07) is 7.28. The first kappa shape index (κ1) is 16.1. The molecule has 1 fully saturated rings. The average Bonchev–Trinajstić information content (AvgIpc) is 2.85. The maximum absolute atomic E-state index is 13.9. The Morgan fingerprint density at radius 2 is 2.05 bits per heavy atom. The summed E-state index contributed by atoms with van der Waals surface area (Å²) in [6.45, 7) is -0.194. The molecule has 1 atom stereocenters. The fraction of sp³-hybridized carbons (Fsp3) is 0.429. The lowest BCUT2D eigenvalue weighted by molar-refractivity contribution is -0.150. The van der Waals surface area contributed by atoms with Gasteiger partial charge in [-0.15, -0.1) is 11.8 Å². The molecule has 1 saturated heterocycles. The maximum atomic E-state index is 13.9. The van der Waals surface area contributed by atoms with Gasteiger partial charge in [0.15, 0.2) is 0 Å². The van der Waals surface area contributed by atoms with Gasteiger partial charge in [0.2, 0.25) is 11.6 Å². The summed E-state index contributed by atoms with van der Waals surface area (Å²) in [5.41, 5.74) is -2.29. The summed E-state index contributed by atoms with van der Waals surface area (Å²) in [7, 11) is 0. The first-order chi connectivity index (χ1) is 9.90. The fourth-order valence-electron chi connectivity index (χ4n) is 2.11. The van der Waals surface area contributed by atoms with Crippen LogP contribution in [0.5, 0.6) is 0 Å². The van der Waals surface area contributed by atoms with Crippen LogP contribution in [-0.2, 0) is 9.59 Å². The summed E-state index contributed by atoms with van der Waals surface area (Å²) >= 11 is 7.29. The number of thioether (sulfide) groups is 1. The minimum absolute atomic E-state index is 0.140. The Labute approximate surface area is 131 Å². The van der Waals surface area contributed by atoms with Gasteiger partial charge in [0, 0.05) is 35.1 Å². The second-order valence-electron chi connectivity index (χ2n) is 4.89. The Balaban J connectivity index is 1.78. The van der Waals surface area contributed by atoms with Crippen LogP contribution < -0.4 is 0 Å². The van der Waals surface area contributed by atoms with Gasteiger partial charge in [-0.2, -0.15) is 0 Å². The molecule has 1 aliphatic heterocycles. The quantitative estimate of drug-likeness (QED) is 0.843. The zero-order valence-electron chi connectivity index (χ0n) is 11.2. The van der Waals surface area contributed by atoms with E-state index in [4.69, 9.17) is 16.7 Å². The third kappa shape index (κ3) is 4.11. The molecule has 1 unspecified atom stereocenters. The number of alkyl halides is 1. The molecule has 1 N–H and O–H groups in total. The van der Waals surface area contributed by atoms with E-state index in [1.807, 2.05) is 12.1 Å². The summed E-state index contributed by atoms with van der Waals surface area (Å²) in [5, 5.41) is 9.44. The third-order valence-electron chi connectivity index (χ3n) is 3.35. The van der Waals surface area contributed by atoms with Crippen LogP contribution in [0.3, 0.4) is 0 Å². The van der Waals surface area contributed by atoms with Crippen LogP contribution in [0.1, 0.15) is 12.8 Å². The van der Waals surface area contributed by atoms with E-state index in [-0.39, 0.29) is 31.8 Å². The molecule has 7 heteroatoms. The van der Waals surface area contributed by atoms with Gasteiger partial charge in [0.05, 0.1) is 6.54 Å². The highest BCUT2D eigenvalue weighted by molar-refractivity contribution is 7.99. The number of benzene rings is 1. The molecule has 1 heterocycles. The van der Waals surface area contributed by atoms with E-state index in [9.17, 15) is 14.0 Å². The molecule has 1 aromatic carbocycles. The highest BCUT2D eigenvalue weighted by Gasteiger charge is 2.46. The molecular formula is C14H15ClFNO3S. The highest BCUT2D eigenvalue weighted by atomic mass is 35.5. The molecule has 1 aromatic rings. The van der Waals surface area contributed by atoms with Gasteiger partial charge in [0.25, 0.3) is 0 Å².